The maximum absolute atomic E-state index is 12.4. The van der Waals surface area contributed by atoms with Crippen molar-refractivity contribution in [3.63, 3.8) is 0 Å². The van der Waals surface area contributed by atoms with Crippen LogP contribution in [0.2, 0.25) is 0 Å². The van der Waals surface area contributed by atoms with E-state index in [0.29, 0.717) is 18.7 Å². The second kappa shape index (κ2) is 8.36. The van der Waals surface area contributed by atoms with Crippen molar-refractivity contribution in [2.24, 2.45) is 5.92 Å². The molecule has 0 aromatic carbocycles. The van der Waals surface area contributed by atoms with Crippen molar-refractivity contribution in [1.82, 2.24) is 24.8 Å². The van der Waals surface area contributed by atoms with Gasteiger partial charge in [-0.15, -0.1) is 0 Å². The van der Waals surface area contributed by atoms with Gasteiger partial charge >= 0.3 is 0 Å². The highest BCUT2D eigenvalue weighted by molar-refractivity contribution is 5.81. The molecule has 162 valence electrons. The van der Waals surface area contributed by atoms with Gasteiger partial charge in [-0.1, -0.05) is 6.92 Å². The van der Waals surface area contributed by atoms with Gasteiger partial charge < -0.3 is 10.2 Å². The van der Waals surface area contributed by atoms with Gasteiger partial charge in [-0.3, -0.25) is 9.59 Å². The first-order valence-corrected chi connectivity index (χ1v) is 11.3. The number of amides is 2. The molecule has 0 radical (unpaired) electrons. The number of aromatic nitrogens is 3. The largest absolute Gasteiger partial charge is 0.354 e. The number of carbonyl (C=O) groups excluding carboxylic acids is 2. The fourth-order valence-corrected chi connectivity index (χ4v) is 4.38. The average Bonchev–Trinajstić information content (AvgIpc) is 3.29. The van der Waals surface area contributed by atoms with Gasteiger partial charge in [0, 0.05) is 54.8 Å². The molecule has 3 heterocycles. The van der Waals surface area contributed by atoms with Crippen molar-refractivity contribution in [2.75, 3.05) is 13.1 Å². The maximum Gasteiger partial charge on any atom is 0.225 e. The van der Waals surface area contributed by atoms with Crippen molar-refractivity contribution in [1.29, 1.82) is 0 Å². The smallest absolute Gasteiger partial charge is 0.225 e. The van der Waals surface area contributed by atoms with Crippen LogP contribution < -0.4 is 5.32 Å². The Kier molecular flexibility index (Phi) is 5.80. The summed E-state index contributed by atoms with van der Waals surface area (Å²) in [6, 6.07) is 2.27. The fraction of sp³-hybridized carbons (Fsp3) is 0.652. The third-order valence-corrected chi connectivity index (χ3v) is 6.65. The van der Waals surface area contributed by atoms with Gasteiger partial charge in [0.05, 0.1) is 5.69 Å². The van der Waals surface area contributed by atoms with Crippen molar-refractivity contribution in [2.45, 2.75) is 78.2 Å². The van der Waals surface area contributed by atoms with Crippen LogP contribution in [0, 0.1) is 19.8 Å². The van der Waals surface area contributed by atoms with Gasteiger partial charge in [0.2, 0.25) is 11.8 Å². The standard InChI is InChI=1S/C23H33N5O2/c1-5-14(2)24-22(29)9-8-19-15(3)25-21-12-20(26-28(21)16(19)4)18-10-11-27(13-18)23(30)17-6-7-17/h12,14,17-18H,5-11,13H2,1-4H3,(H,24,29)/t14-,18-/m0/s1. The van der Waals surface area contributed by atoms with E-state index in [0.717, 1.165) is 67.1 Å². The summed E-state index contributed by atoms with van der Waals surface area (Å²) in [6.07, 6.45) is 5.10. The van der Waals surface area contributed by atoms with E-state index in [1.165, 1.54) is 0 Å². The maximum atomic E-state index is 12.4. The van der Waals surface area contributed by atoms with Gasteiger partial charge in [-0.05, 0) is 58.4 Å². The number of nitrogens with zero attached hydrogens (tertiary/aromatic N) is 4. The molecule has 1 saturated carbocycles. The minimum absolute atomic E-state index is 0.0794. The Morgan fingerprint density at radius 1 is 1.27 bits per heavy atom. The lowest BCUT2D eigenvalue weighted by molar-refractivity contribution is -0.131. The molecule has 2 aromatic rings. The minimum atomic E-state index is 0.0794. The Morgan fingerprint density at radius 3 is 2.73 bits per heavy atom. The summed E-state index contributed by atoms with van der Waals surface area (Å²) in [7, 11) is 0. The SMILES string of the molecule is CC[C@H](C)NC(=O)CCc1c(C)nc2cc([C@H]3CCN(C(=O)C4CC4)C3)nn2c1C. The van der Waals surface area contributed by atoms with E-state index in [4.69, 9.17) is 10.1 Å². The van der Waals surface area contributed by atoms with E-state index < -0.39 is 0 Å². The molecule has 4 rings (SSSR count). The van der Waals surface area contributed by atoms with Crippen LogP contribution in [0.5, 0.6) is 0 Å². The number of aryl methyl sites for hydroxylation is 2. The topological polar surface area (TPSA) is 79.6 Å². The first-order chi connectivity index (χ1) is 14.4. The van der Waals surface area contributed by atoms with E-state index >= 15 is 0 Å². The Balaban J connectivity index is 1.48. The molecule has 7 heteroatoms. The fourth-order valence-electron chi connectivity index (χ4n) is 4.38. The number of fused-ring (bicyclic) bond motifs is 1. The Labute approximate surface area is 178 Å². The second-order valence-corrected chi connectivity index (χ2v) is 9.02. The van der Waals surface area contributed by atoms with Crippen LogP contribution >= 0.6 is 0 Å². The Bertz CT molecular complexity index is 962. The molecule has 2 fully saturated rings. The van der Waals surface area contributed by atoms with Gasteiger partial charge in [0.25, 0.3) is 0 Å². The number of carbonyl (C=O) groups is 2. The number of hydrogen-bond donors (Lipinski definition) is 1. The lowest BCUT2D eigenvalue weighted by Gasteiger charge is -2.15. The summed E-state index contributed by atoms with van der Waals surface area (Å²) in [5.74, 6) is 0.954. The summed E-state index contributed by atoms with van der Waals surface area (Å²) < 4.78 is 1.91. The van der Waals surface area contributed by atoms with Crippen LogP contribution in [-0.4, -0.2) is 50.4 Å². The molecule has 1 aliphatic heterocycles. The lowest BCUT2D eigenvalue weighted by atomic mass is 10.1. The molecular formula is C23H33N5O2. The highest BCUT2D eigenvalue weighted by atomic mass is 16.2. The third-order valence-electron chi connectivity index (χ3n) is 6.65. The molecule has 2 aromatic heterocycles. The summed E-state index contributed by atoms with van der Waals surface area (Å²) in [5.41, 5.74) is 4.96. The minimum Gasteiger partial charge on any atom is -0.354 e. The van der Waals surface area contributed by atoms with Crippen molar-refractivity contribution in [3.05, 3.63) is 28.7 Å². The average molecular weight is 412 g/mol. The molecule has 1 saturated heterocycles. The van der Waals surface area contributed by atoms with Gasteiger partial charge in [-0.25, -0.2) is 9.50 Å². The number of rotatable bonds is 7. The lowest BCUT2D eigenvalue weighted by Crippen LogP contribution is -2.32. The van der Waals surface area contributed by atoms with Crippen LogP contribution in [0.1, 0.15) is 74.5 Å². The van der Waals surface area contributed by atoms with Crippen LogP contribution in [0.4, 0.5) is 0 Å². The monoisotopic (exact) mass is 411 g/mol. The first kappa shape index (κ1) is 20.8. The predicted molar refractivity (Wildman–Crippen MR) is 115 cm³/mol. The van der Waals surface area contributed by atoms with E-state index in [1.54, 1.807) is 0 Å². The third kappa shape index (κ3) is 4.20. The normalized spacial score (nSPS) is 20.0. The quantitative estimate of drug-likeness (QED) is 0.760. The Hall–Kier alpha value is -2.44. The number of likely N-dealkylation sites (tertiary alicyclic amines) is 1. The van der Waals surface area contributed by atoms with Crippen LogP contribution in [0.3, 0.4) is 0 Å². The van der Waals surface area contributed by atoms with Crippen molar-refractivity contribution >= 4 is 17.5 Å². The summed E-state index contributed by atoms with van der Waals surface area (Å²) in [4.78, 5) is 31.3. The molecule has 2 aliphatic rings. The molecular weight excluding hydrogens is 378 g/mol. The molecule has 0 unspecified atom stereocenters. The molecule has 1 aliphatic carbocycles. The number of hydrogen-bond acceptors (Lipinski definition) is 4. The zero-order valence-corrected chi connectivity index (χ0v) is 18.6. The Morgan fingerprint density at radius 2 is 2.03 bits per heavy atom. The van der Waals surface area contributed by atoms with Gasteiger partial charge in [0.15, 0.2) is 5.65 Å². The van der Waals surface area contributed by atoms with E-state index in [2.05, 4.69) is 25.2 Å². The van der Waals surface area contributed by atoms with Crippen molar-refractivity contribution in [3.8, 4) is 0 Å². The molecule has 0 bridgehead atoms. The van der Waals surface area contributed by atoms with Crippen molar-refractivity contribution < 1.29 is 9.59 Å². The molecule has 7 nitrogen and oxygen atoms in total. The van der Waals surface area contributed by atoms with Crippen LogP contribution in [0.15, 0.2) is 6.07 Å². The summed E-state index contributed by atoms with van der Waals surface area (Å²) in [5, 5.41) is 7.88. The van der Waals surface area contributed by atoms with E-state index in [1.807, 2.05) is 23.3 Å². The highest BCUT2D eigenvalue weighted by Crippen LogP contribution is 2.35. The molecule has 0 spiro atoms. The first-order valence-electron chi connectivity index (χ1n) is 11.3. The van der Waals surface area contributed by atoms with Gasteiger partial charge in [-0.2, -0.15) is 5.10 Å². The predicted octanol–water partition coefficient (Wildman–Crippen LogP) is 2.92. The summed E-state index contributed by atoms with van der Waals surface area (Å²) in [6.45, 7) is 9.74. The molecule has 2 amide bonds. The van der Waals surface area contributed by atoms with E-state index in [9.17, 15) is 9.59 Å². The van der Waals surface area contributed by atoms with E-state index in [-0.39, 0.29) is 23.8 Å². The molecule has 1 N–H and O–H groups in total. The summed E-state index contributed by atoms with van der Waals surface area (Å²) >= 11 is 0. The highest BCUT2D eigenvalue weighted by Gasteiger charge is 2.37. The number of nitrogens with one attached hydrogen (secondary N) is 1. The van der Waals surface area contributed by atoms with Crippen LogP contribution in [0.25, 0.3) is 5.65 Å². The van der Waals surface area contributed by atoms with Crippen LogP contribution in [-0.2, 0) is 16.0 Å². The zero-order valence-electron chi connectivity index (χ0n) is 18.6. The van der Waals surface area contributed by atoms with Gasteiger partial charge in [0.1, 0.15) is 0 Å². The zero-order chi connectivity index (χ0) is 21.4. The second-order valence-electron chi connectivity index (χ2n) is 9.02. The molecule has 30 heavy (non-hydrogen) atoms. The molecule has 2 atom stereocenters.